The Labute approximate surface area is 95.8 Å². The second kappa shape index (κ2) is 6.38. The molecule has 15 heavy (non-hydrogen) atoms. The minimum atomic E-state index is -0.882. The number of thioether (sulfide) groups is 1. The van der Waals surface area contributed by atoms with E-state index in [0.717, 1.165) is 16.9 Å². The van der Waals surface area contributed by atoms with Crippen LogP contribution in [0.25, 0.3) is 0 Å². The molecule has 3 atom stereocenters. The average molecular weight is 231 g/mol. The van der Waals surface area contributed by atoms with Crippen LogP contribution in [0, 0.1) is 5.92 Å². The zero-order chi connectivity index (χ0) is 11.3. The van der Waals surface area contributed by atoms with Crippen molar-refractivity contribution in [2.45, 2.75) is 50.3 Å². The van der Waals surface area contributed by atoms with Crippen LogP contribution in [0.3, 0.4) is 0 Å². The van der Waals surface area contributed by atoms with Crippen molar-refractivity contribution < 1.29 is 9.90 Å². The standard InChI is InChI=1S/C11H21NO2S/c1-8-3-2-4-9(7-8)15-6-5-10(12)11(13)14/h8-10H,2-7,12H2,1H3,(H,13,14). The van der Waals surface area contributed by atoms with Crippen molar-refractivity contribution in [2.24, 2.45) is 11.7 Å². The Hall–Kier alpha value is -0.220. The van der Waals surface area contributed by atoms with Crippen molar-refractivity contribution in [2.75, 3.05) is 5.75 Å². The highest BCUT2D eigenvalue weighted by atomic mass is 32.2. The van der Waals surface area contributed by atoms with Crippen molar-refractivity contribution >= 4 is 17.7 Å². The number of hydrogen-bond donors (Lipinski definition) is 2. The van der Waals surface area contributed by atoms with Gasteiger partial charge in [0.15, 0.2) is 0 Å². The average Bonchev–Trinajstić information content (AvgIpc) is 2.17. The molecule has 0 aromatic carbocycles. The zero-order valence-corrected chi connectivity index (χ0v) is 10.1. The predicted octanol–water partition coefficient (Wildman–Crippen LogP) is 2.10. The van der Waals surface area contributed by atoms with Gasteiger partial charge in [-0.25, -0.2) is 0 Å². The Morgan fingerprint density at radius 3 is 2.93 bits per heavy atom. The summed E-state index contributed by atoms with van der Waals surface area (Å²) in [5.74, 6) is 0.835. The maximum Gasteiger partial charge on any atom is 0.320 e. The Balaban J connectivity index is 2.11. The molecular formula is C11H21NO2S. The number of carbonyl (C=O) groups is 1. The lowest BCUT2D eigenvalue weighted by Crippen LogP contribution is -2.30. The molecule has 0 radical (unpaired) electrons. The van der Waals surface area contributed by atoms with Crippen molar-refractivity contribution in [3.63, 3.8) is 0 Å². The van der Waals surface area contributed by atoms with E-state index < -0.39 is 12.0 Å². The highest BCUT2D eigenvalue weighted by Crippen LogP contribution is 2.32. The molecule has 1 aliphatic rings. The smallest absolute Gasteiger partial charge is 0.320 e. The molecule has 0 spiro atoms. The van der Waals surface area contributed by atoms with Gasteiger partial charge in [0, 0.05) is 5.25 Å². The van der Waals surface area contributed by atoms with Crippen LogP contribution in [-0.2, 0) is 4.79 Å². The van der Waals surface area contributed by atoms with Crippen molar-refractivity contribution in [1.82, 2.24) is 0 Å². The number of rotatable bonds is 5. The third-order valence-electron chi connectivity index (χ3n) is 2.99. The van der Waals surface area contributed by atoms with E-state index in [2.05, 4.69) is 6.92 Å². The molecule has 3 nitrogen and oxygen atoms in total. The van der Waals surface area contributed by atoms with Gasteiger partial charge in [0.2, 0.25) is 0 Å². The topological polar surface area (TPSA) is 63.3 Å². The fourth-order valence-corrected chi connectivity index (χ4v) is 3.54. The minimum absolute atomic E-state index is 0.588. The third-order valence-corrected chi connectivity index (χ3v) is 4.36. The molecule has 0 heterocycles. The molecule has 3 N–H and O–H groups in total. The summed E-state index contributed by atoms with van der Waals surface area (Å²) in [4.78, 5) is 10.5. The van der Waals surface area contributed by atoms with Crippen LogP contribution in [0.2, 0.25) is 0 Å². The zero-order valence-electron chi connectivity index (χ0n) is 9.32. The van der Waals surface area contributed by atoms with Crippen LogP contribution < -0.4 is 5.73 Å². The first-order valence-corrected chi connectivity index (χ1v) is 6.74. The Morgan fingerprint density at radius 2 is 2.33 bits per heavy atom. The number of nitrogens with two attached hydrogens (primary N) is 1. The summed E-state index contributed by atoms with van der Waals surface area (Å²) in [6, 6.07) is -0.682. The van der Waals surface area contributed by atoms with E-state index in [4.69, 9.17) is 10.8 Å². The van der Waals surface area contributed by atoms with Crippen molar-refractivity contribution in [3.8, 4) is 0 Å². The van der Waals surface area contributed by atoms with Crippen molar-refractivity contribution in [3.05, 3.63) is 0 Å². The Bertz CT molecular complexity index is 211. The van der Waals surface area contributed by atoms with E-state index in [9.17, 15) is 4.79 Å². The van der Waals surface area contributed by atoms with Gasteiger partial charge in [0.1, 0.15) is 6.04 Å². The maximum absolute atomic E-state index is 10.5. The molecule has 0 aliphatic heterocycles. The molecule has 0 bridgehead atoms. The lowest BCUT2D eigenvalue weighted by molar-refractivity contribution is -0.138. The molecule has 4 heteroatoms. The summed E-state index contributed by atoms with van der Waals surface area (Å²) in [5, 5.41) is 9.36. The normalized spacial score (nSPS) is 28.7. The van der Waals surface area contributed by atoms with Crippen LogP contribution in [0.15, 0.2) is 0 Å². The fraction of sp³-hybridized carbons (Fsp3) is 0.909. The van der Waals surface area contributed by atoms with Crippen LogP contribution >= 0.6 is 11.8 Å². The van der Waals surface area contributed by atoms with E-state index in [-0.39, 0.29) is 0 Å². The third kappa shape index (κ3) is 4.89. The summed E-state index contributed by atoms with van der Waals surface area (Å²) in [7, 11) is 0. The monoisotopic (exact) mass is 231 g/mol. The van der Waals surface area contributed by atoms with Gasteiger partial charge in [-0.2, -0.15) is 11.8 Å². The highest BCUT2D eigenvalue weighted by Gasteiger charge is 2.19. The molecule has 1 aliphatic carbocycles. The van der Waals surface area contributed by atoms with Gasteiger partial charge in [-0.1, -0.05) is 19.8 Å². The molecule has 0 aromatic heterocycles. The lowest BCUT2D eigenvalue weighted by Gasteiger charge is -2.26. The molecule has 88 valence electrons. The van der Waals surface area contributed by atoms with Gasteiger partial charge < -0.3 is 10.8 Å². The van der Waals surface area contributed by atoms with Crippen molar-refractivity contribution in [1.29, 1.82) is 0 Å². The van der Waals surface area contributed by atoms with Crippen LogP contribution in [0.5, 0.6) is 0 Å². The van der Waals surface area contributed by atoms with Gasteiger partial charge in [-0.3, -0.25) is 4.79 Å². The minimum Gasteiger partial charge on any atom is -0.480 e. The molecule has 0 aromatic rings. The van der Waals surface area contributed by atoms with Gasteiger partial charge in [-0.05, 0) is 30.9 Å². The molecule has 1 rings (SSSR count). The largest absolute Gasteiger partial charge is 0.480 e. The SMILES string of the molecule is CC1CCCC(SCCC(N)C(=O)O)C1. The van der Waals surface area contributed by atoms with E-state index in [1.165, 1.54) is 25.7 Å². The predicted molar refractivity (Wildman–Crippen MR) is 64.1 cm³/mol. The van der Waals surface area contributed by atoms with E-state index >= 15 is 0 Å². The first kappa shape index (κ1) is 12.8. The van der Waals surface area contributed by atoms with Gasteiger partial charge in [-0.15, -0.1) is 0 Å². The summed E-state index contributed by atoms with van der Waals surface area (Å²) in [6.07, 6.45) is 5.84. The molecule has 0 amide bonds. The van der Waals surface area contributed by atoms with E-state index in [0.29, 0.717) is 6.42 Å². The van der Waals surface area contributed by atoms with E-state index in [1.54, 1.807) is 0 Å². The first-order chi connectivity index (χ1) is 7.09. The second-order valence-electron chi connectivity index (χ2n) is 4.50. The van der Waals surface area contributed by atoms with Crippen LogP contribution in [0.1, 0.15) is 39.0 Å². The highest BCUT2D eigenvalue weighted by molar-refractivity contribution is 7.99. The summed E-state index contributed by atoms with van der Waals surface area (Å²) >= 11 is 1.90. The Morgan fingerprint density at radius 1 is 1.60 bits per heavy atom. The van der Waals surface area contributed by atoms with E-state index in [1.807, 2.05) is 11.8 Å². The number of carboxylic acid groups (broad SMARTS) is 1. The number of hydrogen-bond acceptors (Lipinski definition) is 3. The Kier molecular flexibility index (Phi) is 5.47. The molecular weight excluding hydrogens is 210 g/mol. The number of aliphatic carboxylic acids is 1. The fourth-order valence-electron chi connectivity index (χ4n) is 2.01. The summed E-state index contributed by atoms with van der Waals surface area (Å²) in [6.45, 7) is 2.30. The quantitative estimate of drug-likeness (QED) is 0.760. The summed E-state index contributed by atoms with van der Waals surface area (Å²) in [5.41, 5.74) is 5.45. The number of carboxylic acids is 1. The molecule has 1 fully saturated rings. The summed E-state index contributed by atoms with van der Waals surface area (Å²) < 4.78 is 0. The maximum atomic E-state index is 10.5. The molecule has 3 unspecified atom stereocenters. The lowest BCUT2D eigenvalue weighted by atomic mass is 9.91. The van der Waals surface area contributed by atoms with Gasteiger partial charge >= 0.3 is 5.97 Å². The van der Waals surface area contributed by atoms with Crippen LogP contribution in [0.4, 0.5) is 0 Å². The second-order valence-corrected chi connectivity index (χ2v) is 5.91. The van der Waals surface area contributed by atoms with Crippen LogP contribution in [-0.4, -0.2) is 28.1 Å². The molecule has 1 saturated carbocycles. The molecule has 0 saturated heterocycles. The van der Waals surface area contributed by atoms with Gasteiger partial charge in [0.05, 0.1) is 0 Å². The first-order valence-electron chi connectivity index (χ1n) is 5.69. The van der Waals surface area contributed by atoms with Gasteiger partial charge in [0.25, 0.3) is 0 Å².